The van der Waals surface area contributed by atoms with Crippen molar-refractivity contribution >= 4 is 29.3 Å². The number of aliphatic hydroxyl groups excluding tert-OH is 1. The van der Waals surface area contributed by atoms with Gasteiger partial charge in [0.15, 0.2) is 0 Å². The van der Waals surface area contributed by atoms with Crippen molar-refractivity contribution in [2.75, 3.05) is 18.9 Å². The van der Waals surface area contributed by atoms with Gasteiger partial charge < -0.3 is 10.4 Å². The number of thioether (sulfide) groups is 1. The molecular weight excluding hydrogens is 308 g/mol. The lowest BCUT2D eigenvalue weighted by atomic mass is 10.3. The van der Waals surface area contributed by atoms with Crippen molar-refractivity contribution < 1.29 is 18.7 Å². The molecule has 0 aliphatic carbocycles. The first-order valence-electron chi connectivity index (χ1n) is 6.07. The van der Waals surface area contributed by atoms with Crippen LogP contribution in [0.25, 0.3) is 0 Å². The molecule has 2 N–H and O–H groups in total. The largest absolute Gasteiger partial charge is 0.390 e. The Hall–Kier alpha value is -0.850. The van der Waals surface area contributed by atoms with Gasteiger partial charge in [-0.2, -0.15) is 0 Å². The summed E-state index contributed by atoms with van der Waals surface area (Å²) in [5, 5.41) is 11.1. The SMILES string of the molecule is O=C(CCCSc1ccc(Cl)cc1)NCC(F)(F)CO. The maximum atomic E-state index is 12.7. The summed E-state index contributed by atoms with van der Waals surface area (Å²) in [4.78, 5) is 12.4. The van der Waals surface area contributed by atoms with Crippen molar-refractivity contribution in [2.45, 2.75) is 23.7 Å². The first-order chi connectivity index (χ1) is 9.43. The Bertz CT molecular complexity index is 429. The number of benzene rings is 1. The van der Waals surface area contributed by atoms with Gasteiger partial charge in [0.1, 0.15) is 6.61 Å². The van der Waals surface area contributed by atoms with E-state index in [4.69, 9.17) is 16.7 Å². The van der Waals surface area contributed by atoms with Gasteiger partial charge in [0.05, 0.1) is 6.54 Å². The van der Waals surface area contributed by atoms with Crippen molar-refractivity contribution in [2.24, 2.45) is 0 Å². The smallest absolute Gasteiger partial charge is 0.287 e. The lowest BCUT2D eigenvalue weighted by Gasteiger charge is -2.13. The predicted octanol–water partition coefficient (Wildman–Crippen LogP) is 2.96. The highest BCUT2D eigenvalue weighted by molar-refractivity contribution is 7.99. The normalized spacial score (nSPS) is 11.4. The molecule has 0 saturated carbocycles. The van der Waals surface area contributed by atoms with E-state index in [1.165, 1.54) is 0 Å². The van der Waals surface area contributed by atoms with E-state index in [1.807, 2.05) is 12.1 Å². The molecule has 0 aliphatic rings. The van der Waals surface area contributed by atoms with Crippen LogP contribution in [0.15, 0.2) is 29.2 Å². The number of rotatable bonds is 8. The summed E-state index contributed by atoms with van der Waals surface area (Å²) in [7, 11) is 0. The van der Waals surface area contributed by atoms with Crippen LogP contribution in [0.4, 0.5) is 8.78 Å². The first kappa shape index (κ1) is 17.2. The number of hydrogen-bond acceptors (Lipinski definition) is 3. The Labute approximate surface area is 125 Å². The molecule has 20 heavy (non-hydrogen) atoms. The minimum atomic E-state index is -3.26. The van der Waals surface area contributed by atoms with E-state index in [2.05, 4.69) is 5.32 Å². The average Bonchev–Trinajstić information content (AvgIpc) is 2.43. The molecule has 0 radical (unpaired) electrons. The van der Waals surface area contributed by atoms with Gasteiger partial charge >= 0.3 is 0 Å². The Kier molecular flexibility index (Phi) is 7.26. The number of aliphatic hydroxyl groups is 1. The van der Waals surface area contributed by atoms with E-state index in [9.17, 15) is 13.6 Å². The highest BCUT2D eigenvalue weighted by atomic mass is 35.5. The van der Waals surface area contributed by atoms with Crippen LogP contribution in [0.5, 0.6) is 0 Å². The molecule has 0 fully saturated rings. The molecular formula is C13H16ClF2NO2S. The van der Waals surface area contributed by atoms with Crippen LogP contribution < -0.4 is 5.32 Å². The average molecular weight is 324 g/mol. The molecule has 0 aliphatic heterocycles. The number of hydrogen-bond donors (Lipinski definition) is 2. The molecule has 1 rings (SSSR count). The third-order valence-corrected chi connectivity index (χ3v) is 3.76. The van der Waals surface area contributed by atoms with E-state index in [0.717, 1.165) is 4.90 Å². The van der Waals surface area contributed by atoms with Gasteiger partial charge in [-0.1, -0.05) is 11.6 Å². The summed E-state index contributed by atoms with van der Waals surface area (Å²) in [5.41, 5.74) is 0. The zero-order chi connectivity index (χ0) is 15.0. The van der Waals surface area contributed by atoms with Gasteiger partial charge in [-0.25, -0.2) is 8.78 Å². The third-order valence-electron chi connectivity index (χ3n) is 2.41. The molecule has 0 heterocycles. The molecule has 3 nitrogen and oxygen atoms in total. The minimum Gasteiger partial charge on any atom is -0.390 e. The van der Waals surface area contributed by atoms with Crippen LogP contribution in [-0.2, 0) is 4.79 Å². The Morgan fingerprint density at radius 3 is 2.60 bits per heavy atom. The fourth-order valence-electron chi connectivity index (χ4n) is 1.33. The van der Waals surface area contributed by atoms with Crippen LogP contribution in [0.1, 0.15) is 12.8 Å². The van der Waals surface area contributed by atoms with Crippen LogP contribution in [0.2, 0.25) is 5.02 Å². The van der Waals surface area contributed by atoms with Crippen LogP contribution in [-0.4, -0.2) is 35.8 Å². The topological polar surface area (TPSA) is 49.3 Å². The van der Waals surface area contributed by atoms with E-state index in [1.54, 1.807) is 23.9 Å². The number of carbonyl (C=O) groups excluding carboxylic acids is 1. The lowest BCUT2D eigenvalue weighted by molar-refractivity contribution is -0.124. The molecule has 7 heteroatoms. The fourth-order valence-corrected chi connectivity index (χ4v) is 2.30. The molecule has 0 spiro atoms. The van der Waals surface area contributed by atoms with Crippen molar-refractivity contribution in [1.82, 2.24) is 5.32 Å². The van der Waals surface area contributed by atoms with Crippen LogP contribution >= 0.6 is 23.4 Å². The summed E-state index contributed by atoms with van der Waals surface area (Å²) in [5.74, 6) is -2.98. The van der Waals surface area contributed by atoms with Crippen molar-refractivity contribution in [3.05, 3.63) is 29.3 Å². The number of carbonyl (C=O) groups is 1. The van der Waals surface area contributed by atoms with E-state index < -0.39 is 25.0 Å². The van der Waals surface area contributed by atoms with Crippen LogP contribution in [0.3, 0.4) is 0 Å². The number of amides is 1. The Balaban J connectivity index is 2.14. The quantitative estimate of drug-likeness (QED) is 0.571. The second kappa shape index (κ2) is 8.44. The standard InChI is InChI=1S/C13H16ClF2NO2S/c14-10-3-5-11(6-4-10)20-7-1-2-12(19)17-8-13(15,16)9-18/h3-6,18H,1-2,7-9H2,(H,17,19). The van der Waals surface area contributed by atoms with Gasteiger partial charge in [-0.15, -0.1) is 11.8 Å². The second-order valence-corrected chi connectivity index (χ2v) is 5.80. The number of alkyl halides is 2. The summed E-state index contributed by atoms with van der Waals surface area (Å²) in [6.45, 7) is -2.09. The van der Waals surface area contributed by atoms with Gasteiger partial charge in [0.25, 0.3) is 5.92 Å². The highest BCUT2D eigenvalue weighted by Crippen LogP contribution is 2.21. The molecule has 0 unspecified atom stereocenters. The van der Waals surface area contributed by atoms with Gasteiger partial charge in [0.2, 0.25) is 5.91 Å². The summed E-state index contributed by atoms with van der Waals surface area (Å²) >= 11 is 7.33. The maximum Gasteiger partial charge on any atom is 0.287 e. The Morgan fingerprint density at radius 1 is 1.35 bits per heavy atom. The number of nitrogens with one attached hydrogen (secondary N) is 1. The highest BCUT2D eigenvalue weighted by Gasteiger charge is 2.27. The number of halogens is 3. The molecule has 0 bridgehead atoms. The van der Waals surface area contributed by atoms with E-state index in [0.29, 0.717) is 17.2 Å². The van der Waals surface area contributed by atoms with Crippen molar-refractivity contribution in [3.8, 4) is 0 Å². The predicted molar refractivity (Wildman–Crippen MR) is 76.5 cm³/mol. The van der Waals surface area contributed by atoms with Gasteiger partial charge in [0, 0.05) is 16.3 Å². The lowest BCUT2D eigenvalue weighted by Crippen LogP contribution is -2.38. The first-order valence-corrected chi connectivity index (χ1v) is 7.43. The summed E-state index contributed by atoms with van der Waals surface area (Å²) in [6, 6.07) is 7.34. The molecule has 0 atom stereocenters. The van der Waals surface area contributed by atoms with Gasteiger partial charge in [-0.05, 0) is 36.4 Å². The molecule has 0 aromatic heterocycles. The maximum absolute atomic E-state index is 12.7. The zero-order valence-corrected chi connectivity index (χ0v) is 12.3. The zero-order valence-electron chi connectivity index (χ0n) is 10.7. The van der Waals surface area contributed by atoms with Gasteiger partial charge in [-0.3, -0.25) is 4.79 Å². The molecule has 1 amide bonds. The van der Waals surface area contributed by atoms with Crippen molar-refractivity contribution in [1.29, 1.82) is 0 Å². The molecule has 0 saturated heterocycles. The van der Waals surface area contributed by atoms with Crippen molar-refractivity contribution in [3.63, 3.8) is 0 Å². The minimum absolute atomic E-state index is 0.183. The summed E-state index contributed by atoms with van der Waals surface area (Å²) in [6.07, 6.45) is 0.770. The van der Waals surface area contributed by atoms with E-state index in [-0.39, 0.29) is 6.42 Å². The molecule has 1 aromatic carbocycles. The summed E-state index contributed by atoms with van der Waals surface area (Å²) < 4.78 is 25.4. The molecule has 112 valence electrons. The Morgan fingerprint density at radius 2 is 2.00 bits per heavy atom. The second-order valence-electron chi connectivity index (χ2n) is 4.20. The third kappa shape index (κ3) is 7.07. The van der Waals surface area contributed by atoms with Crippen LogP contribution in [0, 0.1) is 0 Å². The molecule has 1 aromatic rings. The monoisotopic (exact) mass is 323 g/mol. The van der Waals surface area contributed by atoms with E-state index >= 15 is 0 Å². The fraction of sp³-hybridized carbons (Fsp3) is 0.462.